The van der Waals surface area contributed by atoms with Gasteiger partial charge in [0.25, 0.3) is 0 Å². The second-order valence-corrected chi connectivity index (χ2v) is 10.8. The smallest absolute Gasteiger partial charge is 0.193 e. The minimum absolute atomic E-state index is 0.249. The highest BCUT2D eigenvalue weighted by Crippen LogP contribution is 2.34. The number of unbranched alkanes of at least 4 members (excludes halogenated alkanes) is 3. The van der Waals surface area contributed by atoms with Crippen LogP contribution in [0.15, 0.2) is 30.3 Å². The van der Waals surface area contributed by atoms with Crippen molar-refractivity contribution < 1.29 is 4.43 Å². The monoisotopic (exact) mass is 320 g/mol. The second kappa shape index (κ2) is 11.0. The van der Waals surface area contributed by atoms with Crippen molar-refractivity contribution in [1.82, 2.24) is 0 Å². The average molecular weight is 321 g/mol. The van der Waals surface area contributed by atoms with Crippen molar-refractivity contribution in [2.24, 2.45) is 0 Å². The fraction of sp³-hybridized carbons (Fsp3) is 0.700. The molecule has 1 aromatic carbocycles. The molecule has 1 rings (SSSR count). The molecule has 1 atom stereocenters. The first kappa shape index (κ1) is 19.4. The Hall–Kier alpha value is -0.603. The first-order chi connectivity index (χ1) is 10.7. The van der Waals surface area contributed by atoms with E-state index >= 15 is 0 Å². The molecule has 0 aliphatic heterocycles. The van der Waals surface area contributed by atoms with Crippen LogP contribution in [0.2, 0.25) is 18.1 Å². The van der Waals surface area contributed by atoms with Gasteiger partial charge in [0.2, 0.25) is 0 Å². The predicted octanol–water partition coefficient (Wildman–Crippen LogP) is 7.11. The number of benzene rings is 1. The van der Waals surface area contributed by atoms with Crippen LogP contribution in [0.1, 0.15) is 77.9 Å². The van der Waals surface area contributed by atoms with Crippen molar-refractivity contribution >= 4 is 8.32 Å². The summed E-state index contributed by atoms with van der Waals surface area (Å²) in [5, 5.41) is 0. The fourth-order valence-electron chi connectivity index (χ4n) is 3.22. The zero-order valence-electron chi connectivity index (χ0n) is 15.2. The third-order valence-corrected chi connectivity index (χ3v) is 9.30. The summed E-state index contributed by atoms with van der Waals surface area (Å²) in [6.45, 7) is 9.17. The quantitative estimate of drug-likeness (QED) is 0.373. The molecule has 0 heterocycles. The summed E-state index contributed by atoms with van der Waals surface area (Å²) in [4.78, 5) is 0. The normalized spacial score (nSPS) is 13.3. The maximum absolute atomic E-state index is 6.87. The maximum atomic E-state index is 6.87. The Balaban J connectivity index is 2.84. The van der Waals surface area contributed by atoms with E-state index in [0.29, 0.717) is 0 Å². The van der Waals surface area contributed by atoms with Crippen LogP contribution in [0.25, 0.3) is 0 Å². The van der Waals surface area contributed by atoms with Gasteiger partial charge >= 0.3 is 0 Å². The highest BCUT2D eigenvalue weighted by Gasteiger charge is 2.35. The molecular weight excluding hydrogens is 284 g/mol. The Labute approximate surface area is 139 Å². The lowest BCUT2D eigenvalue weighted by Gasteiger charge is -2.35. The van der Waals surface area contributed by atoms with Crippen molar-refractivity contribution in [3.63, 3.8) is 0 Å². The Kier molecular flexibility index (Phi) is 9.73. The summed E-state index contributed by atoms with van der Waals surface area (Å²) in [6.07, 6.45) is 8.12. The van der Waals surface area contributed by atoms with E-state index < -0.39 is 8.32 Å². The minimum atomic E-state index is -1.60. The molecule has 0 saturated carbocycles. The van der Waals surface area contributed by atoms with Gasteiger partial charge in [0.1, 0.15) is 0 Å². The van der Waals surface area contributed by atoms with Crippen molar-refractivity contribution in [2.45, 2.75) is 90.5 Å². The fourth-order valence-corrected chi connectivity index (χ4v) is 8.20. The van der Waals surface area contributed by atoms with E-state index in [1.807, 2.05) is 0 Å². The molecule has 0 radical (unpaired) electrons. The molecule has 1 unspecified atom stereocenters. The van der Waals surface area contributed by atoms with E-state index in [1.54, 1.807) is 0 Å². The van der Waals surface area contributed by atoms with Gasteiger partial charge in [-0.1, -0.05) is 89.6 Å². The van der Waals surface area contributed by atoms with E-state index in [4.69, 9.17) is 4.43 Å². The molecule has 0 fully saturated rings. The molecule has 1 nitrogen and oxygen atoms in total. The first-order valence-electron chi connectivity index (χ1n) is 9.40. The summed E-state index contributed by atoms with van der Waals surface area (Å²) >= 11 is 0. The lowest BCUT2D eigenvalue weighted by molar-refractivity contribution is 0.206. The van der Waals surface area contributed by atoms with Crippen LogP contribution in [0.5, 0.6) is 0 Å². The maximum Gasteiger partial charge on any atom is 0.193 e. The molecule has 126 valence electrons. The molecule has 0 saturated heterocycles. The van der Waals surface area contributed by atoms with Crippen LogP contribution in [-0.4, -0.2) is 8.32 Å². The van der Waals surface area contributed by atoms with Crippen molar-refractivity contribution in [3.05, 3.63) is 35.9 Å². The third kappa shape index (κ3) is 6.66. The summed E-state index contributed by atoms with van der Waals surface area (Å²) in [7, 11) is -1.60. The summed E-state index contributed by atoms with van der Waals surface area (Å²) in [5.41, 5.74) is 1.34. The van der Waals surface area contributed by atoms with Gasteiger partial charge in [0.15, 0.2) is 8.32 Å². The van der Waals surface area contributed by atoms with Gasteiger partial charge in [-0.15, -0.1) is 0 Å². The van der Waals surface area contributed by atoms with Crippen LogP contribution in [0, 0.1) is 0 Å². The van der Waals surface area contributed by atoms with Crippen molar-refractivity contribution in [3.8, 4) is 0 Å². The van der Waals surface area contributed by atoms with Crippen LogP contribution in [0.4, 0.5) is 0 Å². The molecule has 0 spiro atoms. The molecule has 0 aromatic heterocycles. The van der Waals surface area contributed by atoms with Gasteiger partial charge in [-0.25, -0.2) is 0 Å². The molecule has 1 aromatic rings. The summed E-state index contributed by atoms with van der Waals surface area (Å²) in [5.74, 6) is 0. The molecule has 0 aliphatic carbocycles. The van der Waals surface area contributed by atoms with Gasteiger partial charge in [0, 0.05) is 0 Å². The molecule has 2 heteroatoms. The minimum Gasteiger partial charge on any atom is -0.410 e. The summed E-state index contributed by atoms with van der Waals surface area (Å²) in [6, 6.07) is 14.8. The lowest BCUT2D eigenvalue weighted by Crippen LogP contribution is -2.39. The topological polar surface area (TPSA) is 9.23 Å². The largest absolute Gasteiger partial charge is 0.410 e. The summed E-state index contributed by atoms with van der Waals surface area (Å²) < 4.78 is 6.87. The molecule has 0 bridgehead atoms. The highest BCUT2D eigenvalue weighted by atomic mass is 28.4. The van der Waals surface area contributed by atoms with Crippen molar-refractivity contribution in [2.75, 3.05) is 0 Å². The van der Waals surface area contributed by atoms with Crippen LogP contribution in [-0.2, 0) is 4.43 Å². The first-order valence-corrected chi connectivity index (χ1v) is 11.9. The SMILES string of the molecule is CCCC[Si](CCCC)(CCCC)OC(C)c1ccccc1. The predicted molar refractivity (Wildman–Crippen MR) is 101 cm³/mol. The van der Waals surface area contributed by atoms with Crippen molar-refractivity contribution in [1.29, 1.82) is 0 Å². The van der Waals surface area contributed by atoms with Gasteiger partial charge in [-0.3, -0.25) is 0 Å². The Morgan fingerprint density at radius 3 is 1.68 bits per heavy atom. The Morgan fingerprint density at radius 2 is 1.27 bits per heavy atom. The molecule has 0 aliphatic rings. The van der Waals surface area contributed by atoms with Gasteiger partial charge in [-0.05, 0) is 30.6 Å². The highest BCUT2D eigenvalue weighted by molar-refractivity contribution is 6.73. The zero-order chi connectivity index (χ0) is 16.3. The molecular formula is C20H36OSi. The van der Waals surface area contributed by atoms with E-state index in [0.717, 1.165) is 0 Å². The van der Waals surface area contributed by atoms with Crippen LogP contribution < -0.4 is 0 Å². The number of hydrogen-bond acceptors (Lipinski definition) is 1. The van der Waals surface area contributed by atoms with E-state index in [-0.39, 0.29) is 6.10 Å². The van der Waals surface area contributed by atoms with Crippen LogP contribution in [0.3, 0.4) is 0 Å². The van der Waals surface area contributed by atoms with Gasteiger partial charge in [0.05, 0.1) is 6.10 Å². The Morgan fingerprint density at radius 1 is 0.818 bits per heavy atom. The third-order valence-electron chi connectivity index (χ3n) is 4.65. The van der Waals surface area contributed by atoms with E-state index in [1.165, 1.54) is 62.2 Å². The lowest BCUT2D eigenvalue weighted by atomic mass is 10.1. The molecule has 0 amide bonds. The van der Waals surface area contributed by atoms with Crippen LogP contribution >= 0.6 is 0 Å². The standard InChI is InChI=1S/C20H36OSi/c1-5-8-16-22(17-9-6-2,18-10-7-3)21-19(4)20-14-12-11-13-15-20/h11-15,19H,5-10,16-18H2,1-4H3. The van der Waals surface area contributed by atoms with E-state index in [9.17, 15) is 0 Å². The molecule has 0 N–H and O–H groups in total. The second-order valence-electron chi connectivity index (χ2n) is 6.66. The van der Waals surface area contributed by atoms with E-state index in [2.05, 4.69) is 58.0 Å². The average Bonchev–Trinajstić information content (AvgIpc) is 2.56. The van der Waals surface area contributed by atoms with Gasteiger partial charge < -0.3 is 4.43 Å². The number of hydrogen-bond donors (Lipinski definition) is 0. The molecule has 22 heavy (non-hydrogen) atoms. The zero-order valence-corrected chi connectivity index (χ0v) is 16.2. The Bertz CT molecular complexity index is 355. The number of rotatable bonds is 12. The van der Waals surface area contributed by atoms with Gasteiger partial charge in [-0.2, -0.15) is 0 Å².